The third-order valence-corrected chi connectivity index (χ3v) is 11.4. The summed E-state index contributed by atoms with van der Waals surface area (Å²) >= 11 is 0. The molecular weight excluding hydrogens is 719 g/mol. The molecule has 3 N–H and O–H groups in total. The second-order valence-electron chi connectivity index (χ2n) is 17.1. The van der Waals surface area contributed by atoms with Crippen LogP contribution in [0.5, 0.6) is 0 Å². The Balaban J connectivity index is 3.59. The first kappa shape index (κ1) is 56.1. The number of unbranched alkanes of at least 4 members (excludes halogenated alkanes) is 31. The predicted molar refractivity (Wildman–Crippen MR) is 250 cm³/mol. The molecule has 0 aliphatic carbocycles. The zero-order chi connectivity index (χ0) is 42.3. The van der Waals surface area contributed by atoms with Crippen molar-refractivity contribution >= 4 is 11.9 Å². The average molecular weight is 816 g/mol. The van der Waals surface area contributed by atoms with Crippen molar-refractivity contribution in [2.45, 2.75) is 270 Å². The molecule has 2 atom stereocenters. The zero-order valence-corrected chi connectivity index (χ0v) is 38.5. The van der Waals surface area contributed by atoms with Gasteiger partial charge in [0.2, 0.25) is 5.91 Å². The number of hydrogen-bond acceptors (Lipinski definition) is 5. The van der Waals surface area contributed by atoms with Gasteiger partial charge < -0.3 is 20.3 Å². The van der Waals surface area contributed by atoms with Gasteiger partial charge in [0.1, 0.15) is 0 Å². The molecule has 0 aromatic heterocycles. The highest BCUT2D eigenvalue weighted by atomic mass is 16.5. The number of hydrogen-bond donors (Lipinski definition) is 3. The Bertz CT molecular complexity index is 946. The van der Waals surface area contributed by atoms with E-state index in [2.05, 4.69) is 43.5 Å². The summed E-state index contributed by atoms with van der Waals surface area (Å²) < 4.78 is 5.40. The lowest BCUT2D eigenvalue weighted by molar-refractivity contribution is -0.143. The number of aliphatic hydroxyl groups excluding tert-OH is 2. The lowest BCUT2D eigenvalue weighted by Gasteiger charge is -2.20. The lowest BCUT2D eigenvalue weighted by atomic mass is 10.0. The zero-order valence-electron chi connectivity index (χ0n) is 38.5. The third-order valence-electron chi connectivity index (χ3n) is 11.4. The molecule has 0 heterocycles. The molecule has 1 amide bonds. The normalized spacial score (nSPS) is 13.0. The van der Waals surface area contributed by atoms with E-state index in [0.29, 0.717) is 19.4 Å². The monoisotopic (exact) mass is 816 g/mol. The second-order valence-corrected chi connectivity index (χ2v) is 17.1. The van der Waals surface area contributed by atoms with E-state index in [9.17, 15) is 19.8 Å². The Hall–Kier alpha value is -1.92. The number of carbonyl (C=O) groups excluding carboxylic acids is 2. The number of carbonyl (C=O) groups is 2. The highest BCUT2D eigenvalue weighted by molar-refractivity contribution is 5.76. The Kier molecular flexibility index (Phi) is 46.2. The Morgan fingerprint density at radius 1 is 0.466 bits per heavy atom. The van der Waals surface area contributed by atoms with Crippen LogP contribution in [0.25, 0.3) is 0 Å². The minimum Gasteiger partial charge on any atom is -0.466 e. The van der Waals surface area contributed by atoms with Gasteiger partial charge >= 0.3 is 5.97 Å². The number of allylic oxidation sites excluding steroid dienone is 5. The maximum atomic E-state index is 12.4. The molecule has 0 rings (SSSR count). The highest BCUT2D eigenvalue weighted by Crippen LogP contribution is 2.15. The van der Waals surface area contributed by atoms with Crippen LogP contribution in [0, 0.1) is 0 Å². The summed E-state index contributed by atoms with van der Waals surface area (Å²) in [7, 11) is 0. The average Bonchev–Trinajstić information content (AvgIpc) is 3.22. The molecular formula is C52H97NO5. The van der Waals surface area contributed by atoms with Gasteiger partial charge in [-0.3, -0.25) is 9.59 Å². The SMILES string of the molecule is CCCC/C=C\CCCCCCCC(=O)OCCCC/C=C\CCCCCCC(=O)NC(CO)C(O)/C=C/CCCCCCCCCCCCCCCCCCCC. The maximum absolute atomic E-state index is 12.4. The van der Waals surface area contributed by atoms with Gasteiger partial charge in [-0.05, 0) is 77.0 Å². The van der Waals surface area contributed by atoms with E-state index in [1.54, 1.807) is 6.08 Å². The predicted octanol–water partition coefficient (Wildman–Crippen LogP) is 14.9. The molecule has 6 heteroatoms. The van der Waals surface area contributed by atoms with E-state index in [1.165, 1.54) is 154 Å². The van der Waals surface area contributed by atoms with Crippen LogP contribution in [0.1, 0.15) is 258 Å². The van der Waals surface area contributed by atoms with Crippen molar-refractivity contribution in [1.82, 2.24) is 5.32 Å². The minimum atomic E-state index is -0.867. The fourth-order valence-corrected chi connectivity index (χ4v) is 7.43. The van der Waals surface area contributed by atoms with Crippen LogP contribution in [0.2, 0.25) is 0 Å². The first-order valence-electron chi connectivity index (χ1n) is 25.3. The van der Waals surface area contributed by atoms with Gasteiger partial charge in [0.15, 0.2) is 0 Å². The molecule has 0 spiro atoms. The number of amides is 1. The molecule has 0 bridgehead atoms. The molecule has 0 saturated heterocycles. The quantitative estimate of drug-likeness (QED) is 0.0323. The Morgan fingerprint density at radius 2 is 0.828 bits per heavy atom. The number of rotatable bonds is 46. The molecule has 6 nitrogen and oxygen atoms in total. The molecule has 0 radical (unpaired) electrons. The van der Waals surface area contributed by atoms with Crippen LogP contribution in [-0.2, 0) is 14.3 Å². The molecule has 2 unspecified atom stereocenters. The molecule has 0 fully saturated rings. The first-order valence-corrected chi connectivity index (χ1v) is 25.3. The molecule has 340 valence electrons. The van der Waals surface area contributed by atoms with Crippen LogP contribution >= 0.6 is 0 Å². The maximum Gasteiger partial charge on any atom is 0.305 e. The van der Waals surface area contributed by atoms with Crippen LogP contribution in [-0.4, -0.2) is 47.4 Å². The van der Waals surface area contributed by atoms with Gasteiger partial charge in [0.05, 0.1) is 25.4 Å². The number of aliphatic hydroxyl groups is 2. The Labute approximate surface area is 360 Å². The third kappa shape index (κ3) is 43.7. The molecule has 0 aromatic carbocycles. The van der Waals surface area contributed by atoms with E-state index in [-0.39, 0.29) is 18.5 Å². The summed E-state index contributed by atoms with van der Waals surface area (Å²) in [5.74, 6) is -0.154. The van der Waals surface area contributed by atoms with Gasteiger partial charge in [-0.15, -0.1) is 0 Å². The van der Waals surface area contributed by atoms with Crippen molar-refractivity contribution in [3.63, 3.8) is 0 Å². The van der Waals surface area contributed by atoms with Crippen molar-refractivity contribution in [3.8, 4) is 0 Å². The summed E-state index contributed by atoms with van der Waals surface area (Å²) in [6.07, 6.45) is 57.2. The van der Waals surface area contributed by atoms with Crippen LogP contribution in [0.4, 0.5) is 0 Å². The summed E-state index contributed by atoms with van der Waals surface area (Å²) in [6.45, 7) is 4.77. The van der Waals surface area contributed by atoms with E-state index in [0.717, 1.165) is 77.0 Å². The van der Waals surface area contributed by atoms with Crippen molar-refractivity contribution < 1.29 is 24.5 Å². The summed E-state index contributed by atoms with van der Waals surface area (Å²) in [5, 5.41) is 23.1. The summed E-state index contributed by atoms with van der Waals surface area (Å²) in [4.78, 5) is 24.4. The Morgan fingerprint density at radius 3 is 1.28 bits per heavy atom. The summed E-state index contributed by atoms with van der Waals surface area (Å²) in [5.41, 5.74) is 0. The standard InChI is InChI=1S/C52H97NO5/c1-3-5-7-9-11-13-15-16-17-18-19-20-21-22-23-25-28-32-36-40-44-50(55)49(48-54)53-51(56)45-41-37-33-29-26-27-31-35-39-43-47-58-52(57)46-42-38-34-30-24-14-12-10-8-6-4-2/h10,12,27,31,40,44,49-50,54-55H,3-9,11,13-26,28-30,32-39,41-43,45-48H2,1-2H3,(H,53,56)/b12-10-,31-27-,44-40+. The van der Waals surface area contributed by atoms with Gasteiger partial charge in [0.25, 0.3) is 0 Å². The van der Waals surface area contributed by atoms with Crippen molar-refractivity contribution in [2.24, 2.45) is 0 Å². The van der Waals surface area contributed by atoms with E-state index >= 15 is 0 Å². The molecule has 0 aromatic rings. The molecule has 0 aliphatic heterocycles. The first-order chi connectivity index (χ1) is 28.5. The van der Waals surface area contributed by atoms with Gasteiger partial charge in [-0.1, -0.05) is 204 Å². The fraction of sp³-hybridized carbons (Fsp3) is 0.846. The van der Waals surface area contributed by atoms with Crippen molar-refractivity contribution in [2.75, 3.05) is 13.2 Å². The van der Waals surface area contributed by atoms with Crippen LogP contribution in [0.15, 0.2) is 36.5 Å². The number of esters is 1. The van der Waals surface area contributed by atoms with E-state index < -0.39 is 12.1 Å². The topological polar surface area (TPSA) is 95.9 Å². The molecule has 58 heavy (non-hydrogen) atoms. The highest BCUT2D eigenvalue weighted by Gasteiger charge is 2.18. The smallest absolute Gasteiger partial charge is 0.305 e. The van der Waals surface area contributed by atoms with Crippen molar-refractivity contribution in [3.05, 3.63) is 36.5 Å². The molecule has 0 aliphatic rings. The molecule has 0 saturated carbocycles. The van der Waals surface area contributed by atoms with Crippen LogP contribution in [0.3, 0.4) is 0 Å². The fourth-order valence-electron chi connectivity index (χ4n) is 7.43. The van der Waals surface area contributed by atoms with Gasteiger partial charge in [0, 0.05) is 12.8 Å². The van der Waals surface area contributed by atoms with E-state index in [1.807, 2.05) is 6.08 Å². The van der Waals surface area contributed by atoms with E-state index in [4.69, 9.17) is 4.74 Å². The van der Waals surface area contributed by atoms with Crippen LogP contribution < -0.4 is 5.32 Å². The minimum absolute atomic E-state index is 0.0499. The lowest BCUT2D eigenvalue weighted by Crippen LogP contribution is -2.45. The van der Waals surface area contributed by atoms with Gasteiger partial charge in [-0.25, -0.2) is 0 Å². The number of nitrogens with one attached hydrogen (secondary N) is 1. The largest absolute Gasteiger partial charge is 0.466 e. The second kappa shape index (κ2) is 47.8. The summed E-state index contributed by atoms with van der Waals surface area (Å²) in [6, 6.07) is -0.654. The number of ether oxygens (including phenoxy) is 1. The van der Waals surface area contributed by atoms with Crippen molar-refractivity contribution in [1.29, 1.82) is 0 Å². The van der Waals surface area contributed by atoms with Gasteiger partial charge in [-0.2, -0.15) is 0 Å².